The molecule has 1 aliphatic rings. The molecule has 0 fully saturated rings. The first kappa shape index (κ1) is 15.7. The van der Waals surface area contributed by atoms with Crippen LogP contribution in [0.1, 0.15) is 11.1 Å². The summed E-state index contributed by atoms with van der Waals surface area (Å²) >= 11 is 0.0985. The third-order valence-electron chi connectivity index (χ3n) is 2.75. The number of Topliss-reactive ketones (excluding diaryl/α,β-unsaturated/α-hetero) is 1. The van der Waals surface area contributed by atoms with Crippen LogP contribution in [0, 0.1) is 0 Å². The van der Waals surface area contributed by atoms with Crippen molar-refractivity contribution in [2.24, 2.45) is 5.73 Å². The normalized spacial score (nSPS) is 20.3. The molecule has 2 N–H and O–H groups in total. The van der Waals surface area contributed by atoms with E-state index in [4.69, 9.17) is 5.73 Å². The Balaban J connectivity index is 2.44. The second kappa shape index (κ2) is 4.97. The van der Waals surface area contributed by atoms with Gasteiger partial charge in [0, 0.05) is 0 Å². The van der Waals surface area contributed by atoms with Gasteiger partial charge in [0.05, 0.1) is 16.2 Å². The molecule has 1 heterocycles. The van der Waals surface area contributed by atoms with E-state index in [0.717, 1.165) is 18.2 Å². The first-order valence-electron chi connectivity index (χ1n) is 5.47. The maximum Gasteiger partial charge on any atom is 0.416 e. The van der Waals surface area contributed by atoms with E-state index in [1.807, 2.05) is 0 Å². The summed E-state index contributed by atoms with van der Waals surface area (Å²) in [5.74, 6) is -1.33. The van der Waals surface area contributed by atoms with Crippen LogP contribution in [0.3, 0.4) is 0 Å². The number of thioether (sulfide) groups is 1. The Kier molecular flexibility index (Phi) is 3.73. The third-order valence-corrected chi connectivity index (χ3v) is 3.93. The molecule has 1 aromatic carbocycles. The lowest BCUT2D eigenvalue weighted by Gasteiger charge is -2.12. The topological polar surface area (TPSA) is 43.1 Å². The zero-order chi connectivity index (χ0) is 16.0. The predicted molar refractivity (Wildman–Crippen MR) is 65.0 cm³/mol. The zero-order valence-electron chi connectivity index (χ0n) is 10.0. The molecular weight excluding hydrogens is 320 g/mol. The molecule has 1 aliphatic heterocycles. The Bertz CT molecular complexity index is 619. The Hall–Kier alpha value is -1.64. The number of carbonyl (C=O) groups is 1. The van der Waals surface area contributed by atoms with Gasteiger partial charge < -0.3 is 5.73 Å². The molecule has 1 aromatic rings. The van der Waals surface area contributed by atoms with E-state index < -0.39 is 39.6 Å². The molecule has 0 amide bonds. The van der Waals surface area contributed by atoms with Crippen molar-refractivity contribution in [1.29, 1.82) is 0 Å². The van der Waals surface area contributed by atoms with Crippen molar-refractivity contribution >= 4 is 23.1 Å². The van der Waals surface area contributed by atoms with E-state index in [-0.39, 0.29) is 17.3 Å². The number of benzene rings is 1. The van der Waals surface area contributed by atoms with Crippen LogP contribution in [0.2, 0.25) is 0 Å². The zero-order valence-corrected chi connectivity index (χ0v) is 10.9. The lowest BCUT2D eigenvalue weighted by molar-refractivity contribution is -0.144. The van der Waals surface area contributed by atoms with Gasteiger partial charge in [-0.05, 0) is 17.7 Å². The Morgan fingerprint density at radius 3 is 2.19 bits per heavy atom. The second-order valence-electron chi connectivity index (χ2n) is 4.22. The third kappa shape index (κ3) is 3.02. The van der Waals surface area contributed by atoms with Crippen LogP contribution in [0.25, 0.3) is 5.57 Å². The Labute approximate surface area is 119 Å². The van der Waals surface area contributed by atoms with E-state index in [1.54, 1.807) is 0 Å². The summed E-state index contributed by atoms with van der Waals surface area (Å²) in [6, 6.07) is 3.50. The van der Waals surface area contributed by atoms with Gasteiger partial charge in [0.25, 0.3) is 0 Å². The molecule has 0 aromatic heterocycles. The highest BCUT2D eigenvalue weighted by molar-refractivity contribution is 8.05. The van der Waals surface area contributed by atoms with Crippen molar-refractivity contribution in [2.75, 3.05) is 0 Å². The molecule has 1 atom stereocenters. The minimum atomic E-state index is -4.81. The van der Waals surface area contributed by atoms with Gasteiger partial charge in [-0.3, -0.25) is 4.79 Å². The summed E-state index contributed by atoms with van der Waals surface area (Å²) in [5, 5.41) is -2.80. The summed E-state index contributed by atoms with van der Waals surface area (Å²) in [6.45, 7) is 0. The van der Waals surface area contributed by atoms with E-state index in [1.165, 1.54) is 0 Å². The molecule has 0 spiro atoms. The number of rotatable bonds is 1. The average Bonchev–Trinajstić information content (AvgIpc) is 2.64. The molecule has 2 nitrogen and oxygen atoms in total. The summed E-state index contributed by atoms with van der Waals surface area (Å²) in [6.07, 6.45) is -9.47. The highest BCUT2D eigenvalue weighted by Crippen LogP contribution is 2.45. The quantitative estimate of drug-likeness (QED) is 0.802. The number of carbonyl (C=O) groups excluding carboxylic acids is 1. The summed E-state index contributed by atoms with van der Waals surface area (Å²) in [7, 11) is 0. The molecule has 0 bridgehead atoms. The number of hydrogen-bond acceptors (Lipinski definition) is 3. The first-order chi connectivity index (χ1) is 9.51. The maximum atomic E-state index is 12.6. The summed E-state index contributed by atoms with van der Waals surface area (Å²) in [4.78, 5) is 11.8. The number of nitrogens with two attached hydrogens (primary N) is 1. The van der Waals surface area contributed by atoms with Crippen LogP contribution in [0.4, 0.5) is 26.3 Å². The average molecular weight is 327 g/mol. The van der Waals surface area contributed by atoms with Crippen molar-refractivity contribution in [2.45, 2.75) is 17.6 Å². The van der Waals surface area contributed by atoms with Crippen LogP contribution in [0.5, 0.6) is 0 Å². The van der Waals surface area contributed by atoms with Gasteiger partial charge >= 0.3 is 12.4 Å². The van der Waals surface area contributed by atoms with Gasteiger partial charge in [0.1, 0.15) is 0 Å². The molecule has 1 unspecified atom stereocenters. The molecular formula is C12H7F6NOS. The largest absolute Gasteiger partial charge is 0.416 e. The highest BCUT2D eigenvalue weighted by atomic mass is 32.2. The van der Waals surface area contributed by atoms with Crippen molar-refractivity contribution in [3.8, 4) is 0 Å². The highest BCUT2D eigenvalue weighted by Gasteiger charge is 2.51. The number of halogens is 6. The minimum Gasteiger partial charge on any atom is -0.393 e. The molecule has 9 heteroatoms. The summed E-state index contributed by atoms with van der Waals surface area (Å²) in [5.41, 5.74) is 3.53. The Morgan fingerprint density at radius 1 is 1.10 bits per heavy atom. The van der Waals surface area contributed by atoms with Crippen molar-refractivity contribution in [3.63, 3.8) is 0 Å². The van der Waals surface area contributed by atoms with E-state index in [0.29, 0.717) is 6.07 Å². The smallest absolute Gasteiger partial charge is 0.393 e. The van der Waals surface area contributed by atoms with E-state index >= 15 is 0 Å². The van der Waals surface area contributed by atoms with E-state index in [9.17, 15) is 31.1 Å². The van der Waals surface area contributed by atoms with Crippen LogP contribution >= 0.6 is 11.8 Å². The van der Waals surface area contributed by atoms with Gasteiger partial charge in [0.2, 0.25) is 0 Å². The fraction of sp³-hybridized carbons (Fsp3) is 0.250. The maximum absolute atomic E-state index is 12.6. The minimum absolute atomic E-state index is 0.0985. The lowest BCUT2D eigenvalue weighted by atomic mass is 9.98. The molecule has 0 saturated carbocycles. The van der Waals surface area contributed by atoms with Gasteiger partial charge in [-0.15, -0.1) is 0 Å². The fourth-order valence-corrected chi connectivity index (χ4v) is 2.79. The van der Waals surface area contributed by atoms with Gasteiger partial charge in [-0.2, -0.15) is 26.3 Å². The van der Waals surface area contributed by atoms with E-state index in [2.05, 4.69) is 0 Å². The molecule has 21 heavy (non-hydrogen) atoms. The van der Waals surface area contributed by atoms with Gasteiger partial charge in [0.15, 0.2) is 11.0 Å². The van der Waals surface area contributed by atoms with Crippen LogP contribution in [-0.4, -0.2) is 17.2 Å². The summed E-state index contributed by atoms with van der Waals surface area (Å²) < 4.78 is 75.7. The van der Waals surface area contributed by atoms with Crippen LogP contribution in [0.15, 0.2) is 29.3 Å². The monoisotopic (exact) mass is 327 g/mol. The molecule has 0 aliphatic carbocycles. The SMILES string of the molecule is NC1=C(c2cccc(C(F)(F)F)c2)C(=O)C(C(F)(F)F)S1. The molecule has 2 rings (SSSR count). The van der Waals surface area contributed by atoms with Crippen LogP contribution < -0.4 is 5.73 Å². The molecule has 0 radical (unpaired) electrons. The number of alkyl halides is 6. The first-order valence-corrected chi connectivity index (χ1v) is 6.34. The molecule has 114 valence electrons. The van der Waals surface area contributed by atoms with Gasteiger partial charge in [-0.1, -0.05) is 23.9 Å². The predicted octanol–water partition coefficient (Wildman–Crippen LogP) is 3.58. The second-order valence-corrected chi connectivity index (χ2v) is 5.37. The fourth-order valence-electron chi connectivity index (χ4n) is 1.84. The standard InChI is InChI=1S/C12H7F6NOS/c13-11(14,15)6-3-1-2-5(4-6)7-8(20)9(12(16,17)18)21-10(7)19/h1-4,9H,19H2. The number of allylic oxidation sites excluding steroid dienone is 1. The van der Waals surface area contributed by atoms with Gasteiger partial charge in [-0.25, -0.2) is 0 Å². The number of hydrogen-bond donors (Lipinski definition) is 1. The Morgan fingerprint density at radius 2 is 1.71 bits per heavy atom. The number of ketones is 1. The lowest BCUT2D eigenvalue weighted by Crippen LogP contribution is -2.31. The molecule has 0 saturated heterocycles. The van der Waals surface area contributed by atoms with Crippen LogP contribution in [-0.2, 0) is 11.0 Å². The van der Waals surface area contributed by atoms with Crippen molar-refractivity contribution in [3.05, 3.63) is 40.4 Å². The van der Waals surface area contributed by atoms with Crippen molar-refractivity contribution < 1.29 is 31.1 Å². The van der Waals surface area contributed by atoms with Crippen molar-refractivity contribution in [1.82, 2.24) is 0 Å².